The van der Waals surface area contributed by atoms with Gasteiger partial charge in [0.05, 0.1) is 13.1 Å². The fourth-order valence-electron chi connectivity index (χ4n) is 2.95. The van der Waals surface area contributed by atoms with Gasteiger partial charge in [-0.3, -0.25) is 4.68 Å². The summed E-state index contributed by atoms with van der Waals surface area (Å²) in [6, 6.07) is 15.3. The zero-order valence-corrected chi connectivity index (χ0v) is 19.1. The number of guanidine groups is 1. The van der Waals surface area contributed by atoms with Crippen LogP contribution in [0, 0.1) is 12.7 Å². The van der Waals surface area contributed by atoms with Gasteiger partial charge in [-0.05, 0) is 48.2 Å². The first-order valence-electron chi connectivity index (χ1n) is 9.47. The van der Waals surface area contributed by atoms with E-state index in [1.807, 2.05) is 42.1 Å². The Labute approximate surface area is 188 Å². The molecule has 0 aliphatic heterocycles. The van der Waals surface area contributed by atoms with Crippen LogP contribution < -0.4 is 10.6 Å². The van der Waals surface area contributed by atoms with Crippen molar-refractivity contribution in [3.8, 4) is 0 Å². The van der Waals surface area contributed by atoms with Crippen molar-refractivity contribution in [2.75, 3.05) is 6.54 Å². The summed E-state index contributed by atoms with van der Waals surface area (Å²) in [5, 5.41) is 10.9. The number of aliphatic imine (C=N–C) groups is 1. The van der Waals surface area contributed by atoms with E-state index >= 15 is 0 Å². The Kier molecular flexibility index (Phi) is 9.11. The van der Waals surface area contributed by atoms with Crippen LogP contribution >= 0.6 is 24.0 Å². The number of hydrogen-bond acceptors (Lipinski definition) is 2. The summed E-state index contributed by atoms with van der Waals surface area (Å²) in [5.74, 6) is 0.546. The molecule has 0 saturated heterocycles. The molecular weight excluding hydrogens is 480 g/mol. The van der Waals surface area contributed by atoms with Gasteiger partial charge in [0, 0.05) is 25.5 Å². The van der Waals surface area contributed by atoms with Crippen molar-refractivity contribution in [1.82, 2.24) is 20.4 Å². The lowest BCUT2D eigenvalue weighted by molar-refractivity contribution is 0.617. The number of aromatic nitrogens is 2. The first-order chi connectivity index (χ1) is 13.7. The number of aryl methyl sites for hydroxylation is 1. The van der Waals surface area contributed by atoms with Crippen LogP contribution in [0.3, 0.4) is 0 Å². The Hall–Kier alpha value is -2.42. The number of nitrogens with zero attached hydrogens (tertiary/aromatic N) is 3. The molecule has 0 aliphatic carbocycles. The molecule has 0 saturated carbocycles. The molecule has 0 bridgehead atoms. The number of hydrogen-bond donors (Lipinski definition) is 2. The van der Waals surface area contributed by atoms with E-state index in [0.29, 0.717) is 18.7 Å². The molecular formula is C22H27FIN5. The molecule has 2 aromatic carbocycles. The summed E-state index contributed by atoms with van der Waals surface area (Å²) in [6.07, 6.45) is 3.74. The van der Waals surface area contributed by atoms with Crippen LogP contribution in [-0.2, 0) is 19.6 Å². The number of halogens is 2. The van der Waals surface area contributed by atoms with Crippen molar-refractivity contribution >= 4 is 29.9 Å². The minimum Gasteiger partial charge on any atom is -0.357 e. The monoisotopic (exact) mass is 507 g/mol. The van der Waals surface area contributed by atoms with Crippen molar-refractivity contribution in [3.05, 3.63) is 89.0 Å². The van der Waals surface area contributed by atoms with Gasteiger partial charge >= 0.3 is 0 Å². The Bertz CT molecular complexity index is 925. The van der Waals surface area contributed by atoms with Gasteiger partial charge in [-0.2, -0.15) is 5.10 Å². The molecule has 1 heterocycles. The average molecular weight is 507 g/mol. The van der Waals surface area contributed by atoms with Gasteiger partial charge < -0.3 is 10.6 Å². The largest absolute Gasteiger partial charge is 0.357 e. The summed E-state index contributed by atoms with van der Waals surface area (Å²) >= 11 is 0. The van der Waals surface area contributed by atoms with Crippen LogP contribution in [0.5, 0.6) is 0 Å². The zero-order chi connectivity index (χ0) is 19.8. The van der Waals surface area contributed by atoms with E-state index in [-0.39, 0.29) is 29.8 Å². The third-order valence-corrected chi connectivity index (χ3v) is 4.44. The summed E-state index contributed by atoms with van der Waals surface area (Å²) < 4.78 is 15.3. The highest BCUT2D eigenvalue weighted by atomic mass is 127. The van der Waals surface area contributed by atoms with Gasteiger partial charge in [-0.25, -0.2) is 9.38 Å². The van der Waals surface area contributed by atoms with Gasteiger partial charge in [0.25, 0.3) is 0 Å². The molecule has 1 aromatic heterocycles. The second-order valence-electron chi connectivity index (χ2n) is 6.60. The van der Waals surface area contributed by atoms with E-state index in [1.165, 1.54) is 17.2 Å². The average Bonchev–Trinajstić information content (AvgIpc) is 3.21. The first-order valence-corrected chi connectivity index (χ1v) is 9.47. The SMILES string of the molecule is CCNC(=NCc1ccc(F)c(C)c1)NCc1ccccc1Cn1cccn1.I. The van der Waals surface area contributed by atoms with Crippen molar-refractivity contribution < 1.29 is 4.39 Å². The Morgan fingerprint density at radius 2 is 1.90 bits per heavy atom. The fraction of sp³-hybridized carbons (Fsp3) is 0.273. The molecule has 154 valence electrons. The van der Waals surface area contributed by atoms with E-state index in [2.05, 4.69) is 32.9 Å². The second-order valence-corrected chi connectivity index (χ2v) is 6.60. The van der Waals surface area contributed by atoms with Gasteiger partial charge in [-0.1, -0.05) is 36.4 Å². The van der Waals surface area contributed by atoms with Gasteiger partial charge in [-0.15, -0.1) is 24.0 Å². The second kappa shape index (κ2) is 11.5. The van der Waals surface area contributed by atoms with Crippen LogP contribution in [0.25, 0.3) is 0 Å². The van der Waals surface area contributed by atoms with E-state index in [9.17, 15) is 4.39 Å². The number of benzene rings is 2. The van der Waals surface area contributed by atoms with E-state index in [0.717, 1.165) is 24.6 Å². The minimum atomic E-state index is -0.188. The quantitative estimate of drug-likeness (QED) is 0.286. The maximum atomic E-state index is 13.4. The molecule has 5 nitrogen and oxygen atoms in total. The molecule has 29 heavy (non-hydrogen) atoms. The van der Waals surface area contributed by atoms with Crippen LogP contribution in [0.4, 0.5) is 4.39 Å². The topological polar surface area (TPSA) is 54.2 Å². The third kappa shape index (κ3) is 6.85. The van der Waals surface area contributed by atoms with Crippen LogP contribution in [-0.4, -0.2) is 22.3 Å². The van der Waals surface area contributed by atoms with Crippen LogP contribution in [0.1, 0.15) is 29.2 Å². The molecule has 7 heteroatoms. The van der Waals surface area contributed by atoms with E-state index < -0.39 is 0 Å². The van der Waals surface area contributed by atoms with E-state index in [1.54, 1.807) is 19.2 Å². The molecule has 3 rings (SSSR count). The molecule has 0 atom stereocenters. The number of nitrogens with one attached hydrogen (secondary N) is 2. The van der Waals surface area contributed by atoms with Crippen molar-refractivity contribution in [1.29, 1.82) is 0 Å². The lowest BCUT2D eigenvalue weighted by Crippen LogP contribution is -2.37. The molecule has 0 aliphatic rings. The van der Waals surface area contributed by atoms with Crippen LogP contribution in [0.15, 0.2) is 65.9 Å². The Balaban J connectivity index is 0.00000300. The highest BCUT2D eigenvalue weighted by Gasteiger charge is 2.05. The minimum absolute atomic E-state index is 0. The zero-order valence-electron chi connectivity index (χ0n) is 16.7. The van der Waals surface area contributed by atoms with Crippen molar-refractivity contribution in [2.24, 2.45) is 4.99 Å². The summed E-state index contributed by atoms with van der Waals surface area (Å²) in [6.45, 7) is 6.45. The molecule has 0 unspecified atom stereocenters. The molecule has 0 fully saturated rings. The molecule has 2 N–H and O–H groups in total. The standard InChI is InChI=1S/C22H26FN5.HI/c1-3-24-22(25-14-18-9-10-21(23)17(2)13-18)26-15-19-7-4-5-8-20(19)16-28-12-6-11-27-28;/h4-13H,3,14-16H2,1-2H3,(H2,24,25,26);1H. The molecule has 0 amide bonds. The first kappa shape index (κ1) is 22.9. The van der Waals surface area contributed by atoms with Crippen molar-refractivity contribution in [3.63, 3.8) is 0 Å². The van der Waals surface area contributed by atoms with Crippen LogP contribution in [0.2, 0.25) is 0 Å². The number of rotatable bonds is 7. The Morgan fingerprint density at radius 3 is 2.59 bits per heavy atom. The van der Waals surface area contributed by atoms with Gasteiger partial charge in [0.1, 0.15) is 5.82 Å². The van der Waals surface area contributed by atoms with E-state index in [4.69, 9.17) is 0 Å². The lowest BCUT2D eigenvalue weighted by Gasteiger charge is -2.14. The maximum absolute atomic E-state index is 13.4. The highest BCUT2D eigenvalue weighted by molar-refractivity contribution is 14.0. The highest BCUT2D eigenvalue weighted by Crippen LogP contribution is 2.11. The predicted molar refractivity (Wildman–Crippen MR) is 126 cm³/mol. The van der Waals surface area contributed by atoms with Crippen molar-refractivity contribution in [2.45, 2.75) is 33.5 Å². The van der Waals surface area contributed by atoms with Gasteiger partial charge in [0.15, 0.2) is 5.96 Å². The maximum Gasteiger partial charge on any atom is 0.191 e. The molecule has 0 radical (unpaired) electrons. The Morgan fingerprint density at radius 1 is 1.10 bits per heavy atom. The normalized spacial score (nSPS) is 11.1. The summed E-state index contributed by atoms with van der Waals surface area (Å²) in [7, 11) is 0. The smallest absolute Gasteiger partial charge is 0.191 e. The van der Waals surface area contributed by atoms with Gasteiger partial charge in [0.2, 0.25) is 0 Å². The summed E-state index contributed by atoms with van der Waals surface area (Å²) in [5.41, 5.74) is 4.03. The lowest BCUT2D eigenvalue weighted by atomic mass is 10.1. The third-order valence-electron chi connectivity index (χ3n) is 4.44. The fourth-order valence-corrected chi connectivity index (χ4v) is 2.95. The summed E-state index contributed by atoms with van der Waals surface area (Å²) in [4.78, 5) is 4.63. The predicted octanol–water partition coefficient (Wildman–Crippen LogP) is 4.25. The molecule has 3 aromatic rings. The molecule has 0 spiro atoms.